The minimum atomic E-state index is 0.0456. The molecule has 192 valence electrons. The number of methoxy groups -OCH3 is 1. The molecule has 0 aliphatic carbocycles. The molecular formula is C32H37N3OS. The number of hydrogen-bond donors (Lipinski definition) is 1. The van der Waals surface area contributed by atoms with Crippen LogP contribution in [0.2, 0.25) is 0 Å². The maximum atomic E-state index is 5.87. The lowest BCUT2D eigenvalue weighted by Crippen LogP contribution is -2.50. The van der Waals surface area contributed by atoms with E-state index in [0.29, 0.717) is 23.9 Å². The standard InChI is InChI=1S/C32H37N3OS/c1-32(2,3)31-34-25-17-24(26(36-4)18-27(25)37-31)19-33-29-23-15-16-35(20-23)30(29)28(21-11-7-5-8-12-21)22-13-9-6-10-14-22/h5-14,17-18,23,28-30,33H,15-16,19-20H2,1-4H3. The predicted octanol–water partition coefficient (Wildman–Crippen LogP) is 6.60. The number of nitrogens with one attached hydrogen (secondary N) is 1. The summed E-state index contributed by atoms with van der Waals surface area (Å²) >= 11 is 1.78. The molecule has 3 heterocycles. The number of hydrogen-bond acceptors (Lipinski definition) is 5. The van der Waals surface area contributed by atoms with E-state index in [0.717, 1.165) is 17.8 Å². The summed E-state index contributed by atoms with van der Waals surface area (Å²) in [6, 6.07) is 27.4. The fourth-order valence-electron chi connectivity index (χ4n) is 6.37. The zero-order valence-electron chi connectivity index (χ0n) is 22.3. The molecule has 2 fully saturated rings. The molecule has 4 nitrogen and oxygen atoms in total. The van der Waals surface area contributed by atoms with Crippen molar-refractivity contribution in [3.05, 3.63) is 94.5 Å². The number of ether oxygens (including phenoxy) is 1. The van der Waals surface area contributed by atoms with Crippen LogP contribution < -0.4 is 10.1 Å². The maximum Gasteiger partial charge on any atom is 0.124 e. The molecule has 4 aromatic rings. The van der Waals surface area contributed by atoms with Gasteiger partial charge in [0.1, 0.15) is 5.75 Å². The van der Waals surface area contributed by atoms with E-state index in [1.807, 2.05) is 0 Å². The van der Waals surface area contributed by atoms with Gasteiger partial charge in [0.05, 0.1) is 22.3 Å². The van der Waals surface area contributed by atoms with E-state index in [-0.39, 0.29) is 5.41 Å². The van der Waals surface area contributed by atoms with Crippen molar-refractivity contribution in [3.8, 4) is 5.75 Å². The monoisotopic (exact) mass is 511 g/mol. The van der Waals surface area contributed by atoms with Gasteiger partial charge in [0, 0.05) is 42.1 Å². The molecule has 0 radical (unpaired) electrons. The van der Waals surface area contributed by atoms with E-state index in [9.17, 15) is 0 Å². The normalized spacial score (nSPS) is 23.3. The summed E-state index contributed by atoms with van der Waals surface area (Å²) in [6.45, 7) is 9.83. The van der Waals surface area contributed by atoms with Crippen molar-refractivity contribution in [1.82, 2.24) is 15.2 Å². The number of nitrogens with zero attached hydrogens (tertiary/aromatic N) is 2. The van der Waals surface area contributed by atoms with E-state index >= 15 is 0 Å². The fourth-order valence-corrected chi connectivity index (χ4v) is 7.41. The first-order valence-electron chi connectivity index (χ1n) is 13.5. The highest BCUT2D eigenvalue weighted by atomic mass is 32.1. The molecule has 1 aromatic heterocycles. The molecule has 4 atom stereocenters. The lowest BCUT2D eigenvalue weighted by Gasteiger charge is -2.39. The molecule has 0 spiro atoms. The highest BCUT2D eigenvalue weighted by Crippen LogP contribution is 2.43. The third-order valence-corrected chi connectivity index (χ3v) is 9.62. The largest absolute Gasteiger partial charge is 0.496 e. The van der Waals surface area contributed by atoms with Gasteiger partial charge in [-0.1, -0.05) is 81.4 Å². The summed E-state index contributed by atoms with van der Waals surface area (Å²) in [5.74, 6) is 1.95. The van der Waals surface area contributed by atoms with Crippen LogP contribution in [0.3, 0.4) is 0 Å². The van der Waals surface area contributed by atoms with Crippen LogP contribution in [0.5, 0.6) is 5.75 Å². The molecule has 0 saturated carbocycles. The van der Waals surface area contributed by atoms with E-state index in [4.69, 9.17) is 9.72 Å². The van der Waals surface area contributed by atoms with Crippen LogP contribution in [0.1, 0.15) is 54.8 Å². The van der Waals surface area contributed by atoms with Crippen LogP contribution in [0, 0.1) is 5.92 Å². The molecule has 5 heteroatoms. The number of thiazole rings is 1. The molecule has 2 aliphatic heterocycles. The van der Waals surface area contributed by atoms with Gasteiger partial charge in [0.2, 0.25) is 0 Å². The van der Waals surface area contributed by atoms with Crippen molar-refractivity contribution < 1.29 is 4.74 Å². The van der Waals surface area contributed by atoms with Crippen LogP contribution in [-0.2, 0) is 12.0 Å². The Bertz CT molecular complexity index is 1320. The molecule has 3 aromatic carbocycles. The smallest absolute Gasteiger partial charge is 0.124 e. The van der Waals surface area contributed by atoms with Gasteiger partial charge in [-0.3, -0.25) is 4.90 Å². The third-order valence-electron chi connectivity index (χ3n) is 8.17. The van der Waals surface area contributed by atoms with E-state index in [2.05, 4.69) is 104 Å². The summed E-state index contributed by atoms with van der Waals surface area (Å²) in [5.41, 5.74) is 5.10. The molecule has 37 heavy (non-hydrogen) atoms. The van der Waals surface area contributed by atoms with Gasteiger partial charge < -0.3 is 10.1 Å². The topological polar surface area (TPSA) is 37.4 Å². The Kier molecular flexibility index (Phi) is 6.56. The van der Waals surface area contributed by atoms with Gasteiger partial charge in [-0.15, -0.1) is 11.3 Å². The Morgan fingerprint density at radius 2 is 1.70 bits per heavy atom. The first-order valence-corrected chi connectivity index (χ1v) is 14.3. The summed E-state index contributed by atoms with van der Waals surface area (Å²) in [5, 5.41) is 5.20. The van der Waals surface area contributed by atoms with Gasteiger partial charge >= 0.3 is 0 Å². The van der Waals surface area contributed by atoms with Crippen LogP contribution in [-0.4, -0.2) is 42.2 Å². The summed E-state index contributed by atoms with van der Waals surface area (Å²) in [4.78, 5) is 7.71. The van der Waals surface area contributed by atoms with Crippen molar-refractivity contribution in [1.29, 1.82) is 0 Å². The van der Waals surface area contributed by atoms with E-state index < -0.39 is 0 Å². The second-order valence-electron chi connectivity index (χ2n) is 11.6. The quantitative estimate of drug-likeness (QED) is 0.303. The minimum Gasteiger partial charge on any atom is -0.496 e. The zero-order chi connectivity index (χ0) is 25.6. The molecule has 4 unspecified atom stereocenters. The first-order chi connectivity index (χ1) is 17.9. The number of rotatable bonds is 7. The third kappa shape index (κ3) is 4.69. The molecule has 0 amide bonds. The van der Waals surface area contributed by atoms with Gasteiger partial charge in [0.25, 0.3) is 0 Å². The van der Waals surface area contributed by atoms with Crippen molar-refractivity contribution in [2.75, 3.05) is 20.2 Å². The molecule has 6 rings (SSSR count). The zero-order valence-corrected chi connectivity index (χ0v) is 23.1. The van der Waals surface area contributed by atoms with Crippen LogP contribution in [0.15, 0.2) is 72.8 Å². The highest BCUT2D eigenvalue weighted by Gasteiger charge is 2.49. The average molecular weight is 512 g/mol. The number of fused-ring (bicyclic) bond motifs is 3. The second-order valence-corrected chi connectivity index (χ2v) is 12.7. The van der Waals surface area contributed by atoms with Crippen molar-refractivity contribution in [2.24, 2.45) is 5.92 Å². The van der Waals surface area contributed by atoms with Crippen molar-refractivity contribution in [3.63, 3.8) is 0 Å². The Labute approximate surface area is 224 Å². The van der Waals surface area contributed by atoms with E-state index in [1.165, 1.54) is 45.9 Å². The summed E-state index contributed by atoms with van der Waals surface area (Å²) in [7, 11) is 1.78. The Morgan fingerprint density at radius 3 is 2.32 bits per heavy atom. The lowest BCUT2D eigenvalue weighted by molar-refractivity contribution is 0.197. The van der Waals surface area contributed by atoms with Crippen LogP contribution in [0.25, 0.3) is 10.2 Å². The molecule has 2 bridgehead atoms. The highest BCUT2D eigenvalue weighted by molar-refractivity contribution is 7.18. The first kappa shape index (κ1) is 24.6. The number of benzene rings is 3. The Balaban J connectivity index is 1.32. The van der Waals surface area contributed by atoms with Gasteiger partial charge in [-0.05, 0) is 42.1 Å². The van der Waals surface area contributed by atoms with Crippen LogP contribution in [0.4, 0.5) is 0 Å². The second kappa shape index (κ2) is 9.86. The van der Waals surface area contributed by atoms with Gasteiger partial charge in [-0.25, -0.2) is 4.98 Å². The summed E-state index contributed by atoms with van der Waals surface area (Å²) < 4.78 is 7.06. The molecule has 1 N–H and O–H groups in total. The van der Waals surface area contributed by atoms with Crippen molar-refractivity contribution >= 4 is 21.6 Å². The van der Waals surface area contributed by atoms with E-state index in [1.54, 1.807) is 18.4 Å². The number of piperidine rings is 1. The lowest BCUT2D eigenvalue weighted by atomic mass is 9.78. The Hall–Kier alpha value is -2.73. The average Bonchev–Trinajstić information content (AvgIpc) is 3.63. The summed E-state index contributed by atoms with van der Waals surface area (Å²) in [6.07, 6.45) is 1.27. The Morgan fingerprint density at radius 1 is 1.03 bits per heavy atom. The van der Waals surface area contributed by atoms with Crippen molar-refractivity contribution in [2.45, 2.75) is 57.2 Å². The molecule has 2 saturated heterocycles. The maximum absolute atomic E-state index is 5.87. The molecular weight excluding hydrogens is 474 g/mol. The number of aromatic nitrogens is 1. The SMILES string of the molecule is COc1cc2sc(C(C)(C)C)nc2cc1CNC1C2CCN(C2)C1C(c1ccccc1)c1ccccc1. The minimum absolute atomic E-state index is 0.0456. The fraction of sp³-hybridized carbons (Fsp3) is 0.406. The molecule has 2 aliphatic rings. The van der Waals surface area contributed by atoms with Gasteiger partial charge in [0.15, 0.2) is 0 Å². The van der Waals surface area contributed by atoms with Crippen LogP contribution >= 0.6 is 11.3 Å². The predicted molar refractivity (Wildman–Crippen MR) is 154 cm³/mol. The van der Waals surface area contributed by atoms with Gasteiger partial charge in [-0.2, -0.15) is 0 Å².